The Labute approximate surface area is 178 Å². The number of imidazole rings is 2. The van der Waals surface area contributed by atoms with Crippen molar-refractivity contribution in [1.82, 2.24) is 23.1 Å². The second kappa shape index (κ2) is 6.44. The Morgan fingerprint density at radius 3 is 2.39 bits per heavy atom. The lowest BCUT2D eigenvalue weighted by Crippen LogP contribution is -2.37. The Morgan fingerprint density at radius 1 is 0.935 bits per heavy atom. The van der Waals surface area contributed by atoms with Crippen LogP contribution in [0.25, 0.3) is 27.7 Å². The monoisotopic (exact) mass is 415 g/mol. The highest BCUT2D eigenvalue weighted by Gasteiger charge is 2.26. The number of hydrogen-bond acceptors (Lipinski definition) is 3. The summed E-state index contributed by atoms with van der Waals surface area (Å²) in [4.78, 5) is 30.1. The summed E-state index contributed by atoms with van der Waals surface area (Å²) in [5, 5.41) is 2.38. The van der Waals surface area contributed by atoms with Crippen LogP contribution in [0.3, 0.4) is 0 Å². The summed E-state index contributed by atoms with van der Waals surface area (Å²) in [7, 11) is 3.15. The van der Waals surface area contributed by atoms with Gasteiger partial charge in [0.25, 0.3) is 5.56 Å². The van der Waals surface area contributed by atoms with Crippen molar-refractivity contribution in [2.45, 2.75) is 32.7 Å². The Hall–Kier alpha value is -3.61. The van der Waals surface area contributed by atoms with Gasteiger partial charge in [-0.3, -0.25) is 18.3 Å². The fraction of sp³-hybridized carbons (Fsp3) is 0.292. The van der Waals surface area contributed by atoms with Gasteiger partial charge in [0.2, 0.25) is 5.78 Å². The maximum atomic E-state index is 13.0. The minimum absolute atomic E-state index is 0.163. The van der Waals surface area contributed by atoms with Crippen molar-refractivity contribution in [3.05, 3.63) is 80.8 Å². The predicted molar refractivity (Wildman–Crippen MR) is 123 cm³/mol. The SMILES string of the molecule is Cn1c(=O)c2c(nc3n(Cc4cccc5ccccc45)c(C(C)(C)C)cn23)n(C)c1=O. The lowest BCUT2D eigenvalue weighted by atomic mass is 9.92. The molecule has 0 N–H and O–H groups in total. The molecule has 158 valence electrons. The van der Waals surface area contributed by atoms with Crippen LogP contribution in [0.2, 0.25) is 0 Å². The first-order valence-electron chi connectivity index (χ1n) is 10.3. The van der Waals surface area contributed by atoms with Crippen LogP contribution in [-0.4, -0.2) is 23.1 Å². The smallest absolute Gasteiger partial charge is 0.309 e. The summed E-state index contributed by atoms with van der Waals surface area (Å²) in [6, 6.07) is 14.6. The van der Waals surface area contributed by atoms with Gasteiger partial charge >= 0.3 is 5.69 Å². The fourth-order valence-electron chi connectivity index (χ4n) is 4.37. The van der Waals surface area contributed by atoms with E-state index in [4.69, 9.17) is 4.98 Å². The number of fused-ring (bicyclic) bond motifs is 4. The van der Waals surface area contributed by atoms with Crippen LogP contribution in [0.4, 0.5) is 0 Å². The molecule has 3 heterocycles. The molecule has 7 heteroatoms. The molecule has 0 aliphatic carbocycles. The molecule has 0 fully saturated rings. The molecule has 3 aromatic heterocycles. The summed E-state index contributed by atoms with van der Waals surface area (Å²) in [6.45, 7) is 7.06. The van der Waals surface area contributed by atoms with Gasteiger partial charge in [0.15, 0.2) is 11.2 Å². The molecule has 0 radical (unpaired) electrons. The van der Waals surface area contributed by atoms with Crippen molar-refractivity contribution < 1.29 is 0 Å². The number of nitrogens with zero attached hydrogens (tertiary/aromatic N) is 5. The zero-order chi connectivity index (χ0) is 22.1. The van der Waals surface area contributed by atoms with Crippen molar-refractivity contribution >= 4 is 27.7 Å². The van der Waals surface area contributed by atoms with E-state index in [0.29, 0.717) is 23.5 Å². The molecular formula is C24H25N5O2. The normalized spacial score (nSPS) is 12.4. The summed E-state index contributed by atoms with van der Waals surface area (Å²) in [6.07, 6.45) is 1.99. The van der Waals surface area contributed by atoms with Crippen molar-refractivity contribution in [2.24, 2.45) is 14.1 Å². The maximum absolute atomic E-state index is 13.0. The Morgan fingerprint density at radius 2 is 1.65 bits per heavy atom. The molecule has 5 aromatic rings. The molecule has 0 aliphatic heterocycles. The number of aryl methyl sites for hydroxylation is 1. The largest absolute Gasteiger partial charge is 0.332 e. The number of aromatic nitrogens is 5. The molecule has 5 rings (SSSR count). The molecular weight excluding hydrogens is 390 g/mol. The molecule has 0 atom stereocenters. The van der Waals surface area contributed by atoms with Gasteiger partial charge < -0.3 is 4.57 Å². The van der Waals surface area contributed by atoms with E-state index in [0.717, 1.165) is 10.3 Å². The highest BCUT2D eigenvalue weighted by molar-refractivity contribution is 5.85. The molecule has 2 aromatic carbocycles. The third-order valence-corrected chi connectivity index (χ3v) is 6.03. The molecule has 0 saturated carbocycles. The standard InChI is InChI=1S/C24H25N5O2/c1-24(2,3)18-14-29-19-20(26(4)23(31)27(5)21(19)30)25-22(29)28(18)13-16-11-8-10-15-9-6-7-12-17(15)16/h6-12,14H,13H2,1-5H3. The third-order valence-electron chi connectivity index (χ3n) is 6.03. The minimum atomic E-state index is -0.380. The Balaban J connectivity index is 1.86. The summed E-state index contributed by atoms with van der Waals surface area (Å²) in [5.41, 5.74) is 2.18. The maximum Gasteiger partial charge on any atom is 0.332 e. The molecule has 7 nitrogen and oxygen atoms in total. The van der Waals surface area contributed by atoms with Crippen molar-refractivity contribution in [2.75, 3.05) is 0 Å². The highest BCUT2D eigenvalue weighted by atomic mass is 16.2. The highest BCUT2D eigenvalue weighted by Crippen LogP contribution is 2.29. The lowest BCUT2D eigenvalue weighted by Gasteiger charge is -2.21. The van der Waals surface area contributed by atoms with Crippen LogP contribution < -0.4 is 11.2 Å². The van der Waals surface area contributed by atoms with Gasteiger partial charge in [-0.1, -0.05) is 63.2 Å². The summed E-state index contributed by atoms with van der Waals surface area (Å²) >= 11 is 0. The van der Waals surface area contributed by atoms with Gasteiger partial charge in [0, 0.05) is 31.4 Å². The predicted octanol–water partition coefficient (Wildman–Crippen LogP) is 3.19. The van der Waals surface area contributed by atoms with E-state index in [1.54, 1.807) is 7.05 Å². The summed E-state index contributed by atoms with van der Waals surface area (Å²) in [5.74, 6) is 0.658. The van der Waals surface area contributed by atoms with Crippen LogP contribution in [0.5, 0.6) is 0 Å². The fourth-order valence-corrected chi connectivity index (χ4v) is 4.37. The van der Waals surface area contributed by atoms with E-state index < -0.39 is 0 Å². The first-order chi connectivity index (χ1) is 14.7. The average molecular weight is 415 g/mol. The van der Waals surface area contributed by atoms with Crippen LogP contribution in [0, 0.1) is 0 Å². The zero-order valence-corrected chi connectivity index (χ0v) is 18.4. The van der Waals surface area contributed by atoms with Gasteiger partial charge in [0.1, 0.15) is 0 Å². The average Bonchev–Trinajstić information content (AvgIpc) is 3.28. The summed E-state index contributed by atoms with van der Waals surface area (Å²) < 4.78 is 6.56. The van der Waals surface area contributed by atoms with Crippen LogP contribution in [0.15, 0.2) is 58.3 Å². The molecule has 0 aliphatic rings. The van der Waals surface area contributed by atoms with Gasteiger partial charge in [-0.25, -0.2) is 4.79 Å². The van der Waals surface area contributed by atoms with Gasteiger partial charge in [-0.05, 0) is 16.3 Å². The second-order valence-electron chi connectivity index (χ2n) is 9.15. The van der Waals surface area contributed by atoms with Crippen LogP contribution in [-0.2, 0) is 26.1 Å². The first kappa shape index (κ1) is 19.4. The number of rotatable bonds is 2. The Kier molecular flexibility index (Phi) is 4.02. The van der Waals surface area contributed by atoms with E-state index in [1.807, 2.05) is 22.7 Å². The second-order valence-corrected chi connectivity index (χ2v) is 9.15. The Bertz CT molecular complexity index is 1600. The van der Waals surface area contributed by atoms with Crippen LogP contribution >= 0.6 is 0 Å². The number of hydrogen-bond donors (Lipinski definition) is 0. The van der Waals surface area contributed by atoms with Gasteiger partial charge in [-0.2, -0.15) is 4.98 Å². The van der Waals surface area contributed by atoms with E-state index in [1.165, 1.54) is 28.0 Å². The number of benzene rings is 2. The molecule has 31 heavy (non-hydrogen) atoms. The van der Waals surface area contributed by atoms with Crippen LogP contribution in [0.1, 0.15) is 32.0 Å². The topological polar surface area (TPSA) is 66.2 Å². The minimum Gasteiger partial charge on any atom is -0.309 e. The van der Waals surface area contributed by atoms with Crippen molar-refractivity contribution in [1.29, 1.82) is 0 Å². The molecule has 0 saturated heterocycles. The van der Waals surface area contributed by atoms with E-state index in [9.17, 15) is 9.59 Å². The molecule has 0 bridgehead atoms. The first-order valence-corrected chi connectivity index (χ1v) is 10.3. The van der Waals surface area contributed by atoms with E-state index in [-0.39, 0.29) is 16.7 Å². The lowest BCUT2D eigenvalue weighted by molar-refractivity contribution is 0.535. The van der Waals surface area contributed by atoms with Crippen molar-refractivity contribution in [3.8, 4) is 0 Å². The third kappa shape index (κ3) is 2.76. The molecule has 0 amide bonds. The molecule has 0 unspecified atom stereocenters. The zero-order valence-electron chi connectivity index (χ0n) is 18.4. The van der Waals surface area contributed by atoms with E-state index in [2.05, 4.69) is 55.7 Å². The van der Waals surface area contributed by atoms with Gasteiger partial charge in [0.05, 0.1) is 6.54 Å². The van der Waals surface area contributed by atoms with Crippen molar-refractivity contribution in [3.63, 3.8) is 0 Å². The molecule has 0 spiro atoms. The van der Waals surface area contributed by atoms with E-state index >= 15 is 0 Å². The quantitative estimate of drug-likeness (QED) is 0.445. The van der Waals surface area contributed by atoms with Gasteiger partial charge in [-0.15, -0.1) is 0 Å².